The number of nitrogens with zero attached hydrogens (tertiary/aromatic N) is 5. The fourth-order valence-electron chi connectivity index (χ4n) is 3.71. The summed E-state index contributed by atoms with van der Waals surface area (Å²) in [6.45, 7) is 5.60. The van der Waals surface area contributed by atoms with Gasteiger partial charge in [-0.25, -0.2) is 9.78 Å². The van der Waals surface area contributed by atoms with Gasteiger partial charge in [0.05, 0.1) is 24.4 Å². The SMILES string of the molecule is C[C@@H]1CN(c2cc(=NC3CC3)n3nc/c(=C\c4[nH]c(=O)[nH]c4O)c3n2)C[C@H](C)O1. The summed E-state index contributed by atoms with van der Waals surface area (Å²) in [6, 6.07) is 2.31. The van der Waals surface area contributed by atoms with Gasteiger partial charge in [0.25, 0.3) is 0 Å². The van der Waals surface area contributed by atoms with E-state index in [4.69, 9.17) is 14.7 Å². The first-order valence-electron chi connectivity index (χ1n) is 9.82. The summed E-state index contributed by atoms with van der Waals surface area (Å²) in [5.41, 5.74) is 1.19. The molecule has 1 saturated carbocycles. The number of imidazole rings is 1. The Morgan fingerprint density at radius 3 is 2.69 bits per heavy atom. The molecule has 29 heavy (non-hydrogen) atoms. The summed E-state index contributed by atoms with van der Waals surface area (Å²) in [4.78, 5) is 28.2. The fourth-order valence-corrected chi connectivity index (χ4v) is 3.71. The first-order valence-corrected chi connectivity index (χ1v) is 9.82. The maximum atomic E-state index is 11.4. The Kier molecular flexibility index (Phi) is 4.16. The Morgan fingerprint density at radius 2 is 2.03 bits per heavy atom. The Balaban J connectivity index is 1.69. The van der Waals surface area contributed by atoms with E-state index in [1.807, 2.05) is 6.07 Å². The number of aromatic amines is 2. The van der Waals surface area contributed by atoms with Crippen molar-refractivity contribution in [3.05, 3.63) is 39.1 Å². The number of aromatic nitrogens is 5. The van der Waals surface area contributed by atoms with Crippen molar-refractivity contribution >= 4 is 17.5 Å². The molecule has 0 radical (unpaired) electrons. The third-order valence-electron chi connectivity index (χ3n) is 5.11. The summed E-state index contributed by atoms with van der Waals surface area (Å²) < 4.78 is 7.56. The monoisotopic (exact) mass is 397 g/mol. The molecule has 1 aliphatic heterocycles. The third-order valence-corrected chi connectivity index (χ3v) is 5.11. The van der Waals surface area contributed by atoms with Crippen molar-refractivity contribution < 1.29 is 9.84 Å². The molecule has 10 heteroatoms. The van der Waals surface area contributed by atoms with Crippen LogP contribution < -0.4 is 21.3 Å². The Bertz CT molecular complexity index is 1230. The Labute approximate surface area is 165 Å². The summed E-state index contributed by atoms with van der Waals surface area (Å²) in [5, 5.41) is 15.0. The molecule has 2 atom stereocenters. The molecule has 4 heterocycles. The van der Waals surface area contributed by atoms with Crippen molar-refractivity contribution in [2.24, 2.45) is 4.99 Å². The number of H-pyrrole nitrogens is 2. The molecule has 0 amide bonds. The lowest BCUT2D eigenvalue weighted by atomic mass is 10.2. The van der Waals surface area contributed by atoms with E-state index in [-0.39, 0.29) is 23.8 Å². The first kappa shape index (κ1) is 17.9. The average Bonchev–Trinajstić information content (AvgIpc) is 3.29. The normalized spacial score (nSPS) is 24.0. The van der Waals surface area contributed by atoms with Crippen LogP contribution in [0, 0.1) is 0 Å². The molecule has 3 aromatic rings. The summed E-state index contributed by atoms with van der Waals surface area (Å²) in [5.74, 6) is 0.602. The van der Waals surface area contributed by atoms with E-state index >= 15 is 0 Å². The van der Waals surface area contributed by atoms with Crippen molar-refractivity contribution in [3.8, 4) is 5.88 Å². The lowest BCUT2D eigenvalue weighted by Gasteiger charge is -2.36. The molecule has 5 rings (SSSR count). The third kappa shape index (κ3) is 3.51. The smallest absolute Gasteiger partial charge is 0.326 e. The predicted molar refractivity (Wildman–Crippen MR) is 106 cm³/mol. The summed E-state index contributed by atoms with van der Waals surface area (Å²) in [7, 11) is 0. The molecule has 1 aliphatic carbocycles. The number of hydrogen-bond donors (Lipinski definition) is 3. The molecule has 0 spiro atoms. The largest absolute Gasteiger partial charge is 0.493 e. The van der Waals surface area contributed by atoms with Crippen LogP contribution in [0.3, 0.4) is 0 Å². The molecule has 2 fully saturated rings. The van der Waals surface area contributed by atoms with Gasteiger partial charge in [-0.2, -0.15) is 9.61 Å². The van der Waals surface area contributed by atoms with Gasteiger partial charge in [0.2, 0.25) is 5.88 Å². The zero-order chi connectivity index (χ0) is 20.1. The number of hydrogen-bond acceptors (Lipinski definition) is 7. The average molecular weight is 397 g/mol. The number of ether oxygens (including phenoxy) is 1. The summed E-state index contributed by atoms with van der Waals surface area (Å²) >= 11 is 0. The Morgan fingerprint density at radius 1 is 1.28 bits per heavy atom. The molecule has 3 N–H and O–H groups in total. The molecule has 2 aliphatic rings. The lowest BCUT2D eigenvalue weighted by Crippen LogP contribution is -2.46. The highest BCUT2D eigenvalue weighted by Crippen LogP contribution is 2.23. The van der Waals surface area contributed by atoms with E-state index < -0.39 is 5.69 Å². The van der Waals surface area contributed by atoms with E-state index in [1.165, 1.54) is 0 Å². The topological polar surface area (TPSA) is 124 Å². The molecule has 0 unspecified atom stereocenters. The van der Waals surface area contributed by atoms with E-state index in [0.717, 1.165) is 37.2 Å². The van der Waals surface area contributed by atoms with Crippen LogP contribution in [0.25, 0.3) is 11.7 Å². The number of anilines is 1. The molecule has 3 aromatic heterocycles. The second-order valence-electron chi connectivity index (χ2n) is 7.82. The van der Waals surface area contributed by atoms with Crippen molar-refractivity contribution in [1.82, 2.24) is 24.6 Å². The van der Waals surface area contributed by atoms with Gasteiger partial charge in [0, 0.05) is 24.4 Å². The molecule has 1 saturated heterocycles. The Hall–Kier alpha value is -3.14. The minimum atomic E-state index is -0.473. The molecular weight excluding hydrogens is 374 g/mol. The standard InChI is InChI=1S/C19H23N7O3/c1-10-8-25(9-11(2)29-10)15-6-16(21-13-3-4-13)26-17(23-15)12(7-20-26)5-14-18(27)24-19(28)22-14/h5-7,10-11,13,27H,3-4,8-9H2,1-2H3,(H2,22,24,28)/b12-5+,21-16?/t10-,11+. The second kappa shape index (κ2) is 6.73. The highest BCUT2D eigenvalue weighted by atomic mass is 16.5. The quantitative estimate of drug-likeness (QED) is 0.556. The van der Waals surface area contributed by atoms with Crippen molar-refractivity contribution in [3.63, 3.8) is 0 Å². The number of morpholine rings is 1. The number of fused-ring (bicyclic) bond motifs is 1. The minimum absolute atomic E-state index is 0.110. The van der Waals surface area contributed by atoms with E-state index in [0.29, 0.717) is 16.9 Å². The van der Waals surface area contributed by atoms with Crippen molar-refractivity contribution in [2.75, 3.05) is 18.0 Å². The van der Waals surface area contributed by atoms with Crippen LogP contribution in [0.1, 0.15) is 32.4 Å². The predicted octanol–water partition coefficient (Wildman–Crippen LogP) is -0.324. The van der Waals surface area contributed by atoms with E-state index in [9.17, 15) is 9.90 Å². The first-order chi connectivity index (χ1) is 14.0. The van der Waals surface area contributed by atoms with Crippen LogP contribution in [0.4, 0.5) is 5.82 Å². The van der Waals surface area contributed by atoms with Crippen molar-refractivity contribution in [2.45, 2.75) is 44.9 Å². The zero-order valence-electron chi connectivity index (χ0n) is 16.3. The van der Waals surface area contributed by atoms with Gasteiger partial charge in [0.1, 0.15) is 11.5 Å². The molecular formula is C19H23N7O3. The van der Waals surface area contributed by atoms with Crippen LogP contribution in [0.15, 0.2) is 22.1 Å². The highest BCUT2D eigenvalue weighted by molar-refractivity contribution is 5.58. The lowest BCUT2D eigenvalue weighted by molar-refractivity contribution is -0.00546. The van der Waals surface area contributed by atoms with Gasteiger partial charge in [-0.3, -0.25) is 9.98 Å². The molecule has 0 aromatic carbocycles. The molecule has 152 valence electrons. The van der Waals surface area contributed by atoms with Gasteiger partial charge in [-0.15, -0.1) is 0 Å². The second-order valence-corrected chi connectivity index (χ2v) is 7.82. The fraction of sp³-hybridized carbons (Fsp3) is 0.474. The maximum absolute atomic E-state index is 11.4. The van der Waals surface area contributed by atoms with Gasteiger partial charge in [-0.1, -0.05) is 0 Å². The van der Waals surface area contributed by atoms with E-state index in [1.54, 1.807) is 16.8 Å². The minimum Gasteiger partial charge on any atom is -0.493 e. The highest BCUT2D eigenvalue weighted by Gasteiger charge is 2.25. The van der Waals surface area contributed by atoms with Crippen LogP contribution in [0.2, 0.25) is 0 Å². The van der Waals surface area contributed by atoms with Crippen LogP contribution in [-0.2, 0) is 4.74 Å². The van der Waals surface area contributed by atoms with Gasteiger partial charge >= 0.3 is 5.69 Å². The van der Waals surface area contributed by atoms with Gasteiger partial charge in [0.15, 0.2) is 11.1 Å². The molecule has 10 nitrogen and oxygen atoms in total. The zero-order valence-corrected chi connectivity index (χ0v) is 16.3. The van der Waals surface area contributed by atoms with Gasteiger partial charge in [-0.05, 0) is 32.8 Å². The number of rotatable bonds is 3. The maximum Gasteiger partial charge on any atom is 0.326 e. The van der Waals surface area contributed by atoms with Crippen molar-refractivity contribution in [1.29, 1.82) is 0 Å². The van der Waals surface area contributed by atoms with Crippen LogP contribution in [-0.4, -0.2) is 61.0 Å². The summed E-state index contributed by atoms with van der Waals surface area (Å²) in [6.07, 6.45) is 5.70. The molecule has 0 bridgehead atoms. The number of nitrogens with one attached hydrogen (secondary N) is 2. The number of aromatic hydroxyl groups is 1. The van der Waals surface area contributed by atoms with Crippen LogP contribution in [0.5, 0.6) is 5.88 Å². The van der Waals surface area contributed by atoms with E-state index in [2.05, 4.69) is 33.8 Å². The van der Waals surface area contributed by atoms with Gasteiger partial charge < -0.3 is 19.7 Å². The van der Waals surface area contributed by atoms with Crippen LogP contribution >= 0.6 is 0 Å².